The Morgan fingerprint density at radius 3 is 2.32 bits per heavy atom. The third kappa shape index (κ3) is 4.14. The second-order valence-corrected chi connectivity index (χ2v) is 6.19. The van der Waals surface area contributed by atoms with E-state index in [0.717, 1.165) is 43.4 Å². The minimum Gasteiger partial charge on any atom is -0.497 e. The van der Waals surface area contributed by atoms with Gasteiger partial charge in [-0.2, -0.15) is 0 Å². The number of hydrogen-bond donors (Lipinski definition) is 1. The Labute approximate surface area is 154 Å². The number of nitrogens with one attached hydrogen (secondary N) is 1. The first-order valence-electron chi connectivity index (χ1n) is 8.29. The van der Waals surface area contributed by atoms with E-state index >= 15 is 0 Å². The Morgan fingerprint density at radius 1 is 0.960 bits per heavy atom. The highest BCUT2D eigenvalue weighted by Crippen LogP contribution is 2.29. The van der Waals surface area contributed by atoms with Crippen LogP contribution in [0.25, 0.3) is 0 Å². The summed E-state index contributed by atoms with van der Waals surface area (Å²) in [6.07, 6.45) is 0. The van der Waals surface area contributed by atoms with Crippen molar-refractivity contribution in [2.75, 3.05) is 50.6 Å². The van der Waals surface area contributed by atoms with Crippen molar-refractivity contribution in [2.24, 2.45) is 0 Å². The van der Waals surface area contributed by atoms with Crippen molar-refractivity contribution in [1.29, 1.82) is 0 Å². The van der Waals surface area contributed by atoms with E-state index in [2.05, 4.69) is 39.4 Å². The van der Waals surface area contributed by atoms with Crippen LogP contribution in [0.4, 0.5) is 11.4 Å². The molecule has 1 saturated heterocycles. The first kappa shape index (κ1) is 17.4. The lowest BCUT2D eigenvalue weighted by Crippen LogP contribution is -2.50. The Balaban J connectivity index is 1.62. The van der Waals surface area contributed by atoms with Crippen molar-refractivity contribution in [3.05, 3.63) is 48.5 Å². The summed E-state index contributed by atoms with van der Waals surface area (Å²) in [6, 6.07) is 16.1. The number of para-hydroxylation sites is 1. The molecule has 25 heavy (non-hydrogen) atoms. The number of benzene rings is 2. The van der Waals surface area contributed by atoms with Crippen LogP contribution in [0.15, 0.2) is 48.5 Å². The van der Waals surface area contributed by atoms with Crippen LogP contribution in [0.2, 0.25) is 0 Å². The van der Waals surface area contributed by atoms with Crippen LogP contribution in [-0.2, 0) is 0 Å². The summed E-state index contributed by atoms with van der Waals surface area (Å²) in [5.74, 6) is 1.51. The van der Waals surface area contributed by atoms with Crippen LogP contribution in [0.5, 0.6) is 11.5 Å². The fourth-order valence-electron chi connectivity index (χ4n) is 2.91. The van der Waals surface area contributed by atoms with Gasteiger partial charge in [0.05, 0.1) is 19.9 Å². The van der Waals surface area contributed by atoms with Crippen molar-refractivity contribution in [3.63, 3.8) is 0 Å². The molecular formula is C19H23N3O2S. The van der Waals surface area contributed by atoms with Gasteiger partial charge in [-0.25, -0.2) is 0 Å². The smallest absolute Gasteiger partial charge is 0.173 e. The Bertz CT molecular complexity index is 716. The van der Waals surface area contributed by atoms with Gasteiger partial charge in [0.1, 0.15) is 11.5 Å². The molecule has 0 amide bonds. The van der Waals surface area contributed by atoms with E-state index in [4.69, 9.17) is 21.7 Å². The van der Waals surface area contributed by atoms with Gasteiger partial charge in [0.25, 0.3) is 0 Å². The molecule has 1 N–H and O–H groups in total. The summed E-state index contributed by atoms with van der Waals surface area (Å²) in [5.41, 5.74) is 2.08. The molecule has 132 valence electrons. The standard InChI is InChI=1S/C19H23N3O2S/c1-23-16-8-9-18(24-2)17(14-16)20-19(25)22-12-10-21(11-13-22)15-6-4-3-5-7-15/h3-9,14H,10-13H2,1-2H3,(H,20,25). The van der Waals surface area contributed by atoms with E-state index in [1.54, 1.807) is 14.2 Å². The summed E-state index contributed by atoms with van der Waals surface area (Å²) in [6.45, 7) is 3.65. The van der Waals surface area contributed by atoms with Crippen LogP contribution < -0.4 is 19.7 Å². The van der Waals surface area contributed by atoms with Crippen LogP contribution in [-0.4, -0.2) is 50.4 Å². The van der Waals surface area contributed by atoms with Crippen LogP contribution in [0, 0.1) is 0 Å². The van der Waals surface area contributed by atoms with E-state index in [9.17, 15) is 0 Å². The van der Waals surface area contributed by atoms with E-state index < -0.39 is 0 Å². The minimum absolute atomic E-state index is 0.708. The number of rotatable bonds is 4. The van der Waals surface area contributed by atoms with Crippen LogP contribution >= 0.6 is 12.2 Å². The molecule has 1 aliphatic heterocycles. The third-order valence-electron chi connectivity index (χ3n) is 4.34. The van der Waals surface area contributed by atoms with E-state index in [0.29, 0.717) is 5.11 Å². The molecule has 1 aliphatic rings. The Hall–Kier alpha value is -2.47. The van der Waals surface area contributed by atoms with Gasteiger partial charge < -0.3 is 24.6 Å². The molecule has 5 nitrogen and oxygen atoms in total. The average Bonchev–Trinajstić information content (AvgIpc) is 2.68. The highest BCUT2D eigenvalue weighted by Gasteiger charge is 2.20. The van der Waals surface area contributed by atoms with Crippen molar-refractivity contribution in [3.8, 4) is 11.5 Å². The topological polar surface area (TPSA) is 37.0 Å². The maximum Gasteiger partial charge on any atom is 0.173 e. The Morgan fingerprint density at radius 2 is 1.68 bits per heavy atom. The molecule has 6 heteroatoms. The predicted molar refractivity (Wildman–Crippen MR) is 106 cm³/mol. The summed E-state index contributed by atoms with van der Waals surface area (Å²) >= 11 is 5.60. The molecule has 0 atom stereocenters. The predicted octanol–water partition coefficient (Wildman–Crippen LogP) is 3.22. The van der Waals surface area contributed by atoms with E-state index in [1.807, 2.05) is 24.3 Å². The van der Waals surface area contributed by atoms with Crippen molar-refractivity contribution in [2.45, 2.75) is 0 Å². The molecule has 1 heterocycles. The normalized spacial score (nSPS) is 14.2. The number of piperazine rings is 1. The van der Waals surface area contributed by atoms with Gasteiger partial charge in [-0.15, -0.1) is 0 Å². The number of hydrogen-bond acceptors (Lipinski definition) is 4. The van der Waals surface area contributed by atoms with Gasteiger partial charge in [0.15, 0.2) is 5.11 Å². The Kier molecular flexibility index (Phi) is 5.60. The number of methoxy groups -OCH3 is 2. The van der Waals surface area contributed by atoms with Crippen molar-refractivity contribution in [1.82, 2.24) is 4.90 Å². The lowest BCUT2D eigenvalue weighted by atomic mass is 10.2. The highest BCUT2D eigenvalue weighted by atomic mass is 32.1. The molecule has 0 unspecified atom stereocenters. The zero-order chi connectivity index (χ0) is 17.6. The fraction of sp³-hybridized carbons (Fsp3) is 0.316. The monoisotopic (exact) mass is 357 g/mol. The van der Waals surface area contributed by atoms with Gasteiger partial charge in [-0.1, -0.05) is 18.2 Å². The number of nitrogens with zero attached hydrogens (tertiary/aromatic N) is 2. The summed E-state index contributed by atoms with van der Waals surface area (Å²) < 4.78 is 10.7. The van der Waals surface area contributed by atoms with Crippen molar-refractivity contribution >= 4 is 28.7 Å². The number of anilines is 2. The molecule has 2 aromatic rings. The average molecular weight is 357 g/mol. The van der Waals surface area contributed by atoms with Gasteiger partial charge in [0.2, 0.25) is 0 Å². The number of ether oxygens (including phenoxy) is 2. The van der Waals surface area contributed by atoms with Gasteiger partial charge in [0, 0.05) is 37.9 Å². The van der Waals surface area contributed by atoms with E-state index in [-0.39, 0.29) is 0 Å². The molecule has 0 saturated carbocycles. The molecule has 2 aromatic carbocycles. The zero-order valence-corrected chi connectivity index (χ0v) is 15.4. The molecule has 0 aliphatic carbocycles. The second kappa shape index (κ2) is 8.07. The lowest BCUT2D eigenvalue weighted by Gasteiger charge is -2.37. The summed E-state index contributed by atoms with van der Waals surface area (Å²) in [4.78, 5) is 4.57. The molecule has 0 radical (unpaired) electrons. The maximum absolute atomic E-state index is 5.60. The van der Waals surface area contributed by atoms with E-state index in [1.165, 1.54) is 5.69 Å². The second-order valence-electron chi connectivity index (χ2n) is 5.81. The molecule has 0 spiro atoms. The summed E-state index contributed by atoms with van der Waals surface area (Å²) in [5, 5.41) is 4.00. The summed E-state index contributed by atoms with van der Waals surface area (Å²) in [7, 11) is 3.29. The van der Waals surface area contributed by atoms with Crippen LogP contribution in [0.3, 0.4) is 0 Å². The van der Waals surface area contributed by atoms with Gasteiger partial charge in [-0.05, 0) is 36.5 Å². The minimum atomic E-state index is 0.708. The highest BCUT2D eigenvalue weighted by molar-refractivity contribution is 7.80. The third-order valence-corrected chi connectivity index (χ3v) is 4.70. The zero-order valence-electron chi connectivity index (χ0n) is 14.6. The lowest BCUT2D eigenvalue weighted by molar-refractivity contribution is 0.389. The fourth-order valence-corrected chi connectivity index (χ4v) is 3.21. The quantitative estimate of drug-likeness (QED) is 0.847. The molecule has 3 rings (SSSR count). The largest absolute Gasteiger partial charge is 0.497 e. The molecule has 0 bridgehead atoms. The molecule has 0 aromatic heterocycles. The van der Waals surface area contributed by atoms with Gasteiger partial charge in [-0.3, -0.25) is 0 Å². The SMILES string of the molecule is COc1ccc(OC)c(NC(=S)N2CCN(c3ccccc3)CC2)c1. The maximum atomic E-state index is 5.60. The first-order chi connectivity index (χ1) is 12.2. The first-order valence-corrected chi connectivity index (χ1v) is 8.70. The molecular weight excluding hydrogens is 334 g/mol. The number of thiocarbonyl (C=S) groups is 1. The van der Waals surface area contributed by atoms with Crippen molar-refractivity contribution < 1.29 is 9.47 Å². The van der Waals surface area contributed by atoms with Crippen LogP contribution in [0.1, 0.15) is 0 Å². The van der Waals surface area contributed by atoms with Gasteiger partial charge >= 0.3 is 0 Å². The molecule has 1 fully saturated rings.